The van der Waals surface area contributed by atoms with Crippen LogP contribution < -0.4 is 5.73 Å². The molecule has 2 rings (SSSR count). The van der Waals surface area contributed by atoms with Gasteiger partial charge in [0.1, 0.15) is 0 Å². The summed E-state index contributed by atoms with van der Waals surface area (Å²) < 4.78 is 0. The van der Waals surface area contributed by atoms with Crippen LogP contribution in [0.1, 0.15) is 16.3 Å². The van der Waals surface area contributed by atoms with Crippen LogP contribution in [0.2, 0.25) is 0 Å². The van der Waals surface area contributed by atoms with Crippen molar-refractivity contribution < 1.29 is 0 Å². The molecule has 0 fully saturated rings. The van der Waals surface area contributed by atoms with Crippen LogP contribution in [-0.2, 0) is 6.42 Å². The van der Waals surface area contributed by atoms with Gasteiger partial charge in [0, 0.05) is 6.42 Å². The Morgan fingerprint density at radius 3 is 2.50 bits per heavy atom. The van der Waals surface area contributed by atoms with Crippen LogP contribution in [0.15, 0.2) is 24.3 Å². The van der Waals surface area contributed by atoms with Crippen molar-refractivity contribution in [1.29, 1.82) is 0 Å². The number of nitrogens with two attached hydrogens (primary N) is 1. The van der Waals surface area contributed by atoms with E-state index in [1.807, 2.05) is 0 Å². The Morgan fingerprint density at radius 1 is 1.19 bits per heavy atom. The molecule has 0 bridgehead atoms. The van der Waals surface area contributed by atoms with Crippen LogP contribution in [0.3, 0.4) is 0 Å². The zero-order valence-corrected chi connectivity index (χ0v) is 10.5. The largest absolute Gasteiger partial charge is 0.330 e. The molecule has 1 aromatic heterocycles. The maximum absolute atomic E-state index is 5.55. The minimum Gasteiger partial charge on any atom is -0.330 e. The molecule has 0 aliphatic rings. The van der Waals surface area contributed by atoms with Crippen LogP contribution >= 0.6 is 11.3 Å². The van der Waals surface area contributed by atoms with Gasteiger partial charge in [-0.3, -0.25) is 0 Å². The van der Waals surface area contributed by atoms with E-state index in [9.17, 15) is 0 Å². The molecule has 3 heteroatoms. The van der Waals surface area contributed by atoms with Crippen LogP contribution in [0.4, 0.5) is 0 Å². The summed E-state index contributed by atoms with van der Waals surface area (Å²) in [7, 11) is 0. The lowest BCUT2D eigenvalue weighted by Gasteiger charge is -1.98. The number of hydrogen-bond acceptors (Lipinski definition) is 3. The molecular formula is C13H16N2S. The Bertz CT molecular complexity index is 471. The Labute approximate surface area is 100 Å². The van der Waals surface area contributed by atoms with E-state index in [0.29, 0.717) is 6.54 Å². The van der Waals surface area contributed by atoms with E-state index in [0.717, 1.165) is 17.1 Å². The van der Waals surface area contributed by atoms with Gasteiger partial charge in [-0.1, -0.05) is 29.8 Å². The smallest absolute Gasteiger partial charge is 0.0947 e. The molecule has 0 saturated heterocycles. The standard InChI is InChI=1S/C13H16N2S/c1-9-3-5-11(6-4-9)13-10(2)15-12(16-13)7-8-14/h3-6H,7-8,14H2,1-2H3. The number of aryl methyl sites for hydroxylation is 2. The highest BCUT2D eigenvalue weighted by Gasteiger charge is 2.08. The van der Waals surface area contributed by atoms with Gasteiger partial charge in [0.25, 0.3) is 0 Å². The van der Waals surface area contributed by atoms with E-state index in [1.165, 1.54) is 16.0 Å². The Morgan fingerprint density at radius 2 is 1.88 bits per heavy atom. The topological polar surface area (TPSA) is 38.9 Å². The predicted molar refractivity (Wildman–Crippen MR) is 69.8 cm³/mol. The minimum absolute atomic E-state index is 0.667. The molecule has 2 nitrogen and oxygen atoms in total. The number of aromatic nitrogens is 1. The van der Waals surface area contributed by atoms with Gasteiger partial charge >= 0.3 is 0 Å². The lowest BCUT2D eigenvalue weighted by atomic mass is 10.1. The number of thiazole rings is 1. The van der Waals surface area contributed by atoms with Gasteiger partial charge in [-0.05, 0) is 26.0 Å². The number of benzene rings is 1. The molecule has 1 heterocycles. The van der Waals surface area contributed by atoms with Crippen molar-refractivity contribution in [3.8, 4) is 10.4 Å². The normalized spacial score (nSPS) is 10.7. The summed E-state index contributed by atoms with van der Waals surface area (Å²) >= 11 is 1.75. The van der Waals surface area contributed by atoms with Crippen molar-refractivity contribution >= 4 is 11.3 Å². The monoisotopic (exact) mass is 232 g/mol. The third-order valence-electron chi connectivity index (χ3n) is 2.51. The second-order valence-electron chi connectivity index (χ2n) is 3.93. The summed E-state index contributed by atoms with van der Waals surface area (Å²) in [4.78, 5) is 5.80. The van der Waals surface area contributed by atoms with Crippen molar-refractivity contribution in [1.82, 2.24) is 4.98 Å². The van der Waals surface area contributed by atoms with Crippen molar-refractivity contribution in [2.75, 3.05) is 6.54 Å². The van der Waals surface area contributed by atoms with Gasteiger partial charge in [-0.2, -0.15) is 0 Å². The second-order valence-corrected chi connectivity index (χ2v) is 5.01. The van der Waals surface area contributed by atoms with Gasteiger partial charge in [-0.25, -0.2) is 4.98 Å². The molecular weight excluding hydrogens is 216 g/mol. The SMILES string of the molecule is Cc1ccc(-c2sc(CCN)nc2C)cc1. The first-order valence-corrected chi connectivity index (χ1v) is 6.26. The highest BCUT2D eigenvalue weighted by Crippen LogP contribution is 2.30. The van der Waals surface area contributed by atoms with E-state index >= 15 is 0 Å². The minimum atomic E-state index is 0.667. The predicted octanol–water partition coefficient (Wildman–Crippen LogP) is 2.93. The highest BCUT2D eigenvalue weighted by atomic mass is 32.1. The molecule has 16 heavy (non-hydrogen) atoms. The first kappa shape index (κ1) is 11.3. The van der Waals surface area contributed by atoms with E-state index in [4.69, 9.17) is 5.73 Å². The summed E-state index contributed by atoms with van der Waals surface area (Å²) in [6.45, 7) is 4.83. The summed E-state index contributed by atoms with van der Waals surface area (Å²) in [5.41, 5.74) is 9.19. The second kappa shape index (κ2) is 4.76. The maximum atomic E-state index is 5.55. The molecule has 0 radical (unpaired) electrons. The summed E-state index contributed by atoms with van der Waals surface area (Å²) in [6.07, 6.45) is 0.872. The van der Waals surface area contributed by atoms with Crippen LogP contribution in [0.25, 0.3) is 10.4 Å². The molecule has 0 aliphatic carbocycles. The third kappa shape index (κ3) is 2.31. The van der Waals surface area contributed by atoms with Gasteiger partial charge in [0.05, 0.1) is 15.6 Å². The fourth-order valence-electron chi connectivity index (χ4n) is 1.66. The fraction of sp³-hybridized carbons (Fsp3) is 0.308. The van der Waals surface area contributed by atoms with Gasteiger partial charge in [-0.15, -0.1) is 11.3 Å². The molecule has 0 aliphatic heterocycles. The van der Waals surface area contributed by atoms with E-state index in [1.54, 1.807) is 11.3 Å². The average molecular weight is 232 g/mol. The molecule has 1 aromatic carbocycles. The van der Waals surface area contributed by atoms with Crippen LogP contribution in [-0.4, -0.2) is 11.5 Å². The summed E-state index contributed by atoms with van der Waals surface area (Å²) in [5.74, 6) is 0. The highest BCUT2D eigenvalue weighted by molar-refractivity contribution is 7.15. The van der Waals surface area contributed by atoms with Crippen molar-refractivity contribution in [2.45, 2.75) is 20.3 Å². The van der Waals surface area contributed by atoms with Gasteiger partial charge < -0.3 is 5.73 Å². The van der Waals surface area contributed by atoms with Gasteiger partial charge in [0.2, 0.25) is 0 Å². The van der Waals surface area contributed by atoms with Gasteiger partial charge in [0.15, 0.2) is 0 Å². The van der Waals surface area contributed by atoms with Crippen molar-refractivity contribution in [2.24, 2.45) is 5.73 Å². The molecule has 0 amide bonds. The maximum Gasteiger partial charge on any atom is 0.0947 e. The van der Waals surface area contributed by atoms with Crippen LogP contribution in [0, 0.1) is 13.8 Å². The molecule has 2 aromatic rings. The zero-order chi connectivity index (χ0) is 11.5. The van der Waals surface area contributed by atoms with Crippen LogP contribution in [0.5, 0.6) is 0 Å². The first-order valence-electron chi connectivity index (χ1n) is 5.44. The third-order valence-corrected chi connectivity index (χ3v) is 3.78. The first-order chi connectivity index (χ1) is 7.70. The van der Waals surface area contributed by atoms with Crippen molar-refractivity contribution in [3.63, 3.8) is 0 Å². The number of rotatable bonds is 3. The van der Waals surface area contributed by atoms with E-state index in [-0.39, 0.29) is 0 Å². The summed E-state index contributed by atoms with van der Waals surface area (Å²) in [5, 5.41) is 1.13. The molecule has 0 saturated carbocycles. The zero-order valence-electron chi connectivity index (χ0n) is 9.66. The molecule has 0 unspecified atom stereocenters. The average Bonchev–Trinajstić information content (AvgIpc) is 2.61. The molecule has 2 N–H and O–H groups in total. The van der Waals surface area contributed by atoms with Crippen molar-refractivity contribution in [3.05, 3.63) is 40.5 Å². The molecule has 0 atom stereocenters. The summed E-state index contributed by atoms with van der Waals surface area (Å²) in [6, 6.07) is 8.58. The molecule has 0 spiro atoms. The Hall–Kier alpha value is -1.19. The Balaban J connectivity index is 2.36. The Kier molecular flexibility index (Phi) is 3.36. The molecule has 84 valence electrons. The number of hydrogen-bond donors (Lipinski definition) is 1. The van der Waals surface area contributed by atoms with E-state index < -0.39 is 0 Å². The lowest BCUT2D eigenvalue weighted by molar-refractivity contribution is 0.946. The quantitative estimate of drug-likeness (QED) is 0.883. The van der Waals surface area contributed by atoms with E-state index in [2.05, 4.69) is 43.1 Å². The lowest BCUT2D eigenvalue weighted by Crippen LogP contribution is -2.01. The fourth-order valence-corrected chi connectivity index (χ4v) is 2.74. The number of nitrogens with zero attached hydrogens (tertiary/aromatic N) is 1.